The summed E-state index contributed by atoms with van der Waals surface area (Å²) in [6, 6.07) is 0. The van der Waals surface area contributed by atoms with Gasteiger partial charge in [-0.3, -0.25) is 4.79 Å². The maximum Gasteiger partial charge on any atom is 0.182 e. The van der Waals surface area contributed by atoms with E-state index in [9.17, 15) is 4.79 Å². The Kier molecular flexibility index (Phi) is 10.3. The average Bonchev–Trinajstić information content (AvgIpc) is 2.57. The van der Waals surface area contributed by atoms with E-state index in [-0.39, 0.29) is 28.1 Å². The molecule has 1 rings (SSSR count). The van der Waals surface area contributed by atoms with Crippen molar-refractivity contribution >= 4 is 23.9 Å². The second-order valence-corrected chi connectivity index (χ2v) is 17.8. The zero-order chi connectivity index (χ0) is 22.4. The summed E-state index contributed by atoms with van der Waals surface area (Å²) in [5.74, 6) is 1.32. The Morgan fingerprint density at radius 1 is 0.931 bits per heavy atom. The van der Waals surface area contributed by atoms with Crippen molar-refractivity contribution in [1.29, 1.82) is 0 Å². The van der Waals surface area contributed by atoms with Crippen LogP contribution in [-0.4, -0.2) is 30.2 Å². The molecule has 0 aromatic heterocycles. The molecule has 3 nitrogen and oxygen atoms in total. The van der Waals surface area contributed by atoms with Crippen LogP contribution in [0.15, 0.2) is 24.3 Å². The third kappa shape index (κ3) is 9.45. The Labute approximate surface area is 183 Å². The van der Waals surface area contributed by atoms with Gasteiger partial charge in [-0.25, -0.2) is 0 Å². The SMILES string of the molecule is CC(C)C1C=CC(C(O[SiH](C)C(C)(C)C)O[SiH](C)C(C)(C)C)CC=CC(=O)CC1. The van der Waals surface area contributed by atoms with E-state index in [0.29, 0.717) is 18.3 Å². The monoisotopic (exact) mass is 438 g/mol. The van der Waals surface area contributed by atoms with Gasteiger partial charge in [-0.05, 0) is 53.9 Å². The van der Waals surface area contributed by atoms with Crippen LogP contribution >= 0.6 is 0 Å². The van der Waals surface area contributed by atoms with Crippen molar-refractivity contribution in [3.8, 4) is 0 Å². The quantitative estimate of drug-likeness (QED) is 0.273. The second kappa shape index (κ2) is 11.2. The molecule has 0 radical (unpaired) electrons. The summed E-state index contributed by atoms with van der Waals surface area (Å²) in [6.07, 6.45) is 10.6. The lowest BCUT2D eigenvalue weighted by molar-refractivity contribution is -0.114. The summed E-state index contributed by atoms with van der Waals surface area (Å²) in [5.41, 5.74) is 0. The summed E-state index contributed by atoms with van der Waals surface area (Å²) >= 11 is 0. The van der Waals surface area contributed by atoms with Crippen molar-refractivity contribution in [3.63, 3.8) is 0 Å². The van der Waals surface area contributed by atoms with Crippen LogP contribution in [0.1, 0.15) is 74.7 Å². The Morgan fingerprint density at radius 2 is 1.41 bits per heavy atom. The van der Waals surface area contributed by atoms with E-state index in [0.717, 1.165) is 12.8 Å². The van der Waals surface area contributed by atoms with Crippen molar-refractivity contribution in [2.75, 3.05) is 0 Å². The fraction of sp³-hybridized carbons (Fsp3) is 0.792. The summed E-state index contributed by atoms with van der Waals surface area (Å²) in [7, 11) is -2.91. The Hall–Kier alpha value is -0.496. The van der Waals surface area contributed by atoms with Crippen molar-refractivity contribution < 1.29 is 13.6 Å². The fourth-order valence-electron chi connectivity index (χ4n) is 3.01. The molecule has 5 heteroatoms. The average molecular weight is 439 g/mol. The molecule has 0 bridgehead atoms. The molecule has 1 aliphatic rings. The van der Waals surface area contributed by atoms with Gasteiger partial charge in [0.2, 0.25) is 0 Å². The molecule has 4 unspecified atom stereocenters. The maximum atomic E-state index is 12.2. The van der Waals surface area contributed by atoms with E-state index >= 15 is 0 Å². The molecule has 29 heavy (non-hydrogen) atoms. The molecule has 0 N–H and O–H groups in total. The number of allylic oxidation sites excluding steroid dienone is 3. The van der Waals surface area contributed by atoms with Gasteiger partial charge in [0.1, 0.15) is 6.29 Å². The third-order valence-electron chi connectivity index (χ3n) is 6.36. The predicted octanol–water partition coefficient (Wildman–Crippen LogP) is 6.41. The smallest absolute Gasteiger partial charge is 0.182 e. The lowest BCUT2D eigenvalue weighted by atomic mass is 9.87. The van der Waals surface area contributed by atoms with Gasteiger partial charge in [-0.1, -0.05) is 73.6 Å². The van der Waals surface area contributed by atoms with Crippen molar-refractivity contribution in [2.24, 2.45) is 17.8 Å². The molecule has 0 heterocycles. The fourth-order valence-corrected chi connectivity index (χ4v) is 5.29. The highest BCUT2D eigenvalue weighted by molar-refractivity contribution is 6.55. The number of carbonyl (C=O) groups is 1. The van der Waals surface area contributed by atoms with E-state index in [1.807, 2.05) is 6.08 Å². The lowest BCUT2D eigenvalue weighted by Gasteiger charge is -2.37. The number of ketones is 1. The van der Waals surface area contributed by atoms with Crippen LogP contribution in [0.3, 0.4) is 0 Å². The van der Waals surface area contributed by atoms with Crippen molar-refractivity contribution in [1.82, 2.24) is 0 Å². The van der Waals surface area contributed by atoms with Gasteiger partial charge in [0.25, 0.3) is 0 Å². The summed E-state index contributed by atoms with van der Waals surface area (Å²) < 4.78 is 13.4. The molecule has 0 amide bonds. The highest BCUT2D eigenvalue weighted by Gasteiger charge is 2.33. The van der Waals surface area contributed by atoms with E-state index in [2.05, 4.69) is 80.6 Å². The van der Waals surface area contributed by atoms with Gasteiger partial charge >= 0.3 is 0 Å². The number of carbonyl (C=O) groups excluding carboxylic acids is 1. The lowest BCUT2D eigenvalue weighted by Crippen LogP contribution is -2.41. The minimum absolute atomic E-state index is 0.146. The molecule has 0 spiro atoms. The second-order valence-electron chi connectivity index (χ2n) is 11.3. The summed E-state index contributed by atoms with van der Waals surface area (Å²) in [4.78, 5) is 12.2. The van der Waals surface area contributed by atoms with Gasteiger partial charge in [-0.15, -0.1) is 0 Å². The first kappa shape index (κ1) is 26.5. The van der Waals surface area contributed by atoms with Gasteiger partial charge in [0.15, 0.2) is 23.9 Å². The van der Waals surface area contributed by atoms with E-state index in [1.165, 1.54) is 0 Å². The number of hydrogen-bond donors (Lipinski definition) is 0. The minimum Gasteiger partial charge on any atom is -0.396 e. The Bertz CT molecular complexity index is 548. The molecular formula is C24H46O3Si2. The van der Waals surface area contributed by atoms with Crippen LogP contribution in [0.4, 0.5) is 0 Å². The molecule has 0 fully saturated rings. The molecule has 168 valence electrons. The molecule has 4 atom stereocenters. The third-order valence-corrected chi connectivity index (χ3v) is 12.6. The zero-order valence-corrected chi connectivity index (χ0v) is 22.9. The van der Waals surface area contributed by atoms with Gasteiger partial charge in [0, 0.05) is 12.3 Å². The van der Waals surface area contributed by atoms with E-state index < -0.39 is 18.1 Å². The first-order valence-corrected chi connectivity index (χ1v) is 15.8. The van der Waals surface area contributed by atoms with Gasteiger partial charge in [0.05, 0.1) is 0 Å². The molecule has 0 aromatic rings. The normalized spacial score (nSPS) is 25.1. The van der Waals surface area contributed by atoms with Gasteiger partial charge < -0.3 is 8.85 Å². The largest absolute Gasteiger partial charge is 0.396 e. The van der Waals surface area contributed by atoms with Crippen LogP contribution in [0, 0.1) is 17.8 Å². The maximum absolute atomic E-state index is 12.2. The van der Waals surface area contributed by atoms with Crippen LogP contribution < -0.4 is 0 Å². The molecular weight excluding hydrogens is 392 g/mol. The standard InChI is InChI=1S/C24H46O3Si2/c1-18(2)19-14-15-20(12-11-13-21(25)17-16-19)22(26-28(9)23(3,4)5)27-29(10)24(6,7)8/h11,13-15,18-20,22,28-29H,12,16-17H2,1-10H3. The van der Waals surface area contributed by atoms with Crippen LogP contribution in [0.2, 0.25) is 23.2 Å². The van der Waals surface area contributed by atoms with Crippen molar-refractivity contribution in [3.05, 3.63) is 24.3 Å². The van der Waals surface area contributed by atoms with E-state index in [4.69, 9.17) is 8.85 Å². The molecule has 1 aliphatic carbocycles. The first-order valence-electron chi connectivity index (χ1n) is 11.4. The summed E-state index contributed by atoms with van der Waals surface area (Å²) in [6.45, 7) is 22.6. The Morgan fingerprint density at radius 3 is 1.86 bits per heavy atom. The minimum atomic E-state index is -1.45. The van der Waals surface area contributed by atoms with Gasteiger partial charge in [-0.2, -0.15) is 0 Å². The summed E-state index contributed by atoms with van der Waals surface area (Å²) in [5, 5.41) is 0.361. The Balaban J connectivity index is 3.19. The van der Waals surface area contributed by atoms with Crippen LogP contribution in [-0.2, 0) is 13.6 Å². The molecule has 0 aliphatic heterocycles. The molecule has 0 saturated carbocycles. The predicted molar refractivity (Wildman–Crippen MR) is 130 cm³/mol. The first-order chi connectivity index (χ1) is 13.2. The van der Waals surface area contributed by atoms with Crippen LogP contribution in [0.25, 0.3) is 0 Å². The highest BCUT2D eigenvalue weighted by atomic mass is 28.3. The highest BCUT2D eigenvalue weighted by Crippen LogP contribution is 2.34. The topological polar surface area (TPSA) is 35.5 Å². The zero-order valence-electron chi connectivity index (χ0n) is 20.6. The molecule has 0 aromatic carbocycles. The van der Waals surface area contributed by atoms with E-state index in [1.54, 1.807) is 6.08 Å². The number of rotatable bonds is 6. The van der Waals surface area contributed by atoms with Crippen molar-refractivity contribution in [2.45, 2.75) is 104 Å². The number of hydrogen-bond acceptors (Lipinski definition) is 3. The molecule has 0 saturated heterocycles. The van der Waals surface area contributed by atoms with Crippen LogP contribution in [0.5, 0.6) is 0 Å².